The molecule has 0 radical (unpaired) electrons. The van der Waals surface area contributed by atoms with Crippen LogP contribution in [0.1, 0.15) is 30.3 Å². The van der Waals surface area contributed by atoms with Crippen LogP contribution in [0.15, 0.2) is 17.2 Å². The van der Waals surface area contributed by atoms with Crippen molar-refractivity contribution >= 4 is 15.9 Å². The molecule has 22 heavy (non-hydrogen) atoms. The van der Waals surface area contributed by atoms with Crippen molar-refractivity contribution in [3.05, 3.63) is 18.0 Å². The molecule has 124 valence electrons. The van der Waals surface area contributed by atoms with Crippen LogP contribution in [0.4, 0.5) is 0 Å². The van der Waals surface area contributed by atoms with Gasteiger partial charge in [0.2, 0.25) is 10.0 Å². The van der Waals surface area contributed by atoms with Gasteiger partial charge in [-0.25, -0.2) is 13.1 Å². The van der Waals surface area contributed by atoms with Gasteiger partial charge in [-0.1, -0.05) is 0 Å². The van der Waals surface area contributed by atoms with E-state index in [2.05, 4.69) is 15.4 Å². The first-order chi connectivity index (χ1) is 10.3. The number of carbonyl (C=O) groups is 1. The van der Waals surface area contributed by atoms with Crippen LogP contribution < -0.4 is 15.4 Å². The fourth-order valence-corrected chi connectivity index (χ4v) is 4.13. The molecule has 1 saturated heterocycles. The third-order valence-electron chi connectivity index (χ3n) is 4.13. The SMILES string of the molecule is CNC(=O)c1cc(S(=O)(=O)NC(C)C2CCCNC2)cn1C. The Morgan fingerprint density at radius 1 is 1.50 bits per heavy atom. The topological polar surface area (TPSA) is 92.2 Å². The van der Waals surface area contributed by atoms with E-state index in [0.29, 0.717) is 5.69 Å². The summed E-state index contributed by atoms with van der Waals surface area (Å²) in [6.45, 7) is 3.70. The summed E-state index contributed by atoms with van der Waals surface area (Å²) in [5.41, 5.74) is 0.315. The zero-order chi connectivity index (χ0) is 16.3. The molecular weight excluding hydrogens is 304 g/mol. The summed E-state index contributed by atoms with van der Waals surface area (Å²) < 4.78 is 29.2. The van der Waals surface area contributed by atoms with Crippen LogP contribution in [0.5, 0.6) is 0 Å². The molecule has 2 rings (SSSR count). The molecule has 0 aromatic carbocycles. The average Bonchev–Trinajstić information content (AvgIpc) is 2.90. The molecule has 0 bridgehead atoms. The Morgan fingerprint density at radius 2 is 2.23 bits per heavy atom. The Hall–Kier alpha value is -1.38. The monoisotopic (exact) mass is 328 g/mol. The van der Waals surface area contributed by atoms with Crippen LogP contribution >= 0.6 is 0 Å². The lowest BCUT2D eigenvalue weighted by atomic mass is 9.94. The molecule has 1 aromatic rings. The maximum atomic E-state index is 12.5. The van der Waals surface area contributed by atoms with Crippen molar-refractivity contribution in [2.75, 3.05) is 20.1 Å². The zero-order valence-corrected chi connectivity index (χ0v) is 14.0. The molecular formula is C14H24N4O3S. The molecule has 2 atom stereocenters. The Labute approximate surface area is 131 Å². The molecule has 2 unspecified atom stereocenters. The number of sulfonamides is 1. The molecule has 2 heterocycles. The molecule has 1 aliphatic rings. The van der Waals surface area contributed by atoms with Crippen molar-refractivity contribution in [1.82, 2.24) is 19.9 Å². The van der Waals surface area contributed by atoms with E-state index < -0.39 is 10.0 Å². The lowest BCUT2D eigenvalue weighted by Crippen LogP contribution is -2.44. The van der Waals surface area contributed by atoms with Gasteiger partial charge in [-0.2, -0.15) is 0 Å². The van der Waals surface area contributed by atoms with E-state index in [1.54, 1.807) is 7.05 Å². The molecule has 3 N–H and O–H groups in total. The zero-order valence-electron chi connectivity index (χ0n) is 13.2. The second kappa shape index (κ2) is 6.80. The second-order valence-electron chi connectivity index (χ2n) is 5.77. The van der Waals surface area contributed by atoms with Gasteiger partial charge in [-0.05, 0) is 44.8 Å². The summed E-state index contributed by atoms with van der Waals surface area (Å²) in [5.74, 6) is -0.0286. The second-order valence-corrected chi connectivity index (χ2v) is 7.48. The molecule has 1 amide bonds. The summed E-state index contributed by atoms with van der Waals surface area (Å²) in [4.78, 5) is 11.8. The maximum Gasteiger partial charge on any atom is 0.267 e. The highest BCUT2D eigenvalue weighted by atomic mass is 32.2. The lowest BCUT2D eigenvalue weighted by molar-refractivity contribution is 0.0955. The number of aryl methyl sites for hydroxylation is 1. The molecule has 7 nitrogen and oxygen atoms in total. The number of aromatic nitrogens is 1. The number of piperidine rings is 1. The first-order valence-corrected chi connectivity index (χ1v) is 8.95. The molecule has 1 aromatic heterocycles. The Bertz CT molecular complexity index is 633. The summed E-state index contributed by atoms with van der Waals surface area (Å²) in [6, 6.07) is 1.24. The first-order valence-electron chi connectivity index (χ1n) is 7.46. The Morgan fingerprint density at radius 3 is 2.82 bits per heavy atom. The Balaban J connectivity index is 2.14. The third-order valence-corrected chi connectivity index (χ3v) is 5.66. The predicted octanol–water partition coefficient (Wildman–Crippen LogP) is 0.0511. The van der Waals surface area contributed by atoms with Crippen LogP contribution in [0.3, 0.4) is 0 Å². The Kier molecular flexibility index (Phi) is 5.25. The van der Waals surface area contributed by atoms with E-state index in [4.69, 9.17) is 0 Å². The van der Waals surface area contributed by atoms with Crippen LogP contribution in [0.25, 0.3) is 0 Å². The number of hydrogen-bond acceptors (Lipinski definition) is 4. The maximum absolute atomic E-state index is 12.5. The smallest absolute Gasteiger partial charge is 0.267 e. The minimum absolute atomic E-state index is 0.115. The van der Waals surface area contributed by atoms with Gasteiger partial charge in [0.15, 0.2) is 0 Å². The van der Waals surface area contributed by atoms with Crippen molar-refractivity contribution in [2.45, 2.75) is 30.7 Å². The fourth-order valence-electron chi connectivity index (χ4n) is 2.75. The first kappa shape index (κ1) is 17.0. The van der Waals surface area contributed by atoms with Gasteiger partial charge in [0, 0.05) is 26.3 Å². The summed E-state index contributed by atoms with van der Waals surface area (Å²) in [6.07, 6.45) is 3.52. The van der Waals surface area contributed by atoms with Gasteiger partial charge >= 0.3 is 0 Å². The summed E-state index contributed by atoms with van der Waals surface area (Å²) in [5, 5.41) is 5.78. The molecule has 8 heteroatoms. The van der Waals surface area contributed by atoms with Crippen molar-refractivity contribution in [2.24, 2.45) is 13.0 Å². The molecule has 0 saturated carbocycles. The van der Waals surface area contributed by atoms with Gasteiger partial charge in [0.25, 0.3) is 5.91 Å². The van der Waals surface area contributed by atoms with Gasteiger partial charge < -0.3 is 15.2 Å². The van der Waals surface area contributed by atoms with Gasteiger partial charge in [0.05, 0.1) is 0 Å². The van der Waals surface area contributed by atoms with Crippen LogP contribution in [0.2, 0.25) is 0 Å². The lowest BCUT2D eigenvalue weighted by Gasteiger charge is -2.28. The van der Waals surface area contributed by atoms with Gasteiger partial charge in [0.1, 0.15) is 10.6 Å². The van der Waals surface area contributed by atoms with E-state index >= 15 is 0 Å². The van der Waals surface area contributed by atoms with E-state index in [9.17, 15) is 13.2 Å². The summed E-state index contributed by atoms with van der Waals surface area (Å²) >= 11 is 0. The highest BCUT2D eigenvalue weighted by Crippen LogP contribution is 2.18. The number of nitrogens with zero attached hydrogens (tertiary/aromatic N) is 1. The van der Waals surface area contributed by atoms with Crippen molar-refractivity contribution in [1.29, 1.82) is 0 Å². The summed E-state index contributed by atoms with van der Waals surface area (Å²) in [7, 11) is -0.466. The van der Waals surface area contributed by atoms with Crippen LogP contribution in [-0.4, -0.2) is 45.1 Å². The quantitative estimate of drug-likeness (QED) is 0.712. The number of nitrogens with one attached hydrogen (secondary N) is 3. The molecule has 1 aliphatic heterocycles. The van der Waals surface area contributed by atoms with E-state index in [1.165, 1.54) is 23.9 Å². The molecule has 1 fully saturated rings. The minimum atomic E-state index is -3.63. The number of hydrogen-bond donors (Lipinski definition) is 3. The number of amides is 1. The van der Waals surface area contributed by atoms with Gasteiger partial charge in [-0.15, -0.1) is 0 Å². The number of rotatable bonds is 5. The average molecular weight is 328 g/mol. The number of carbonyl (C=O) groups excluding carboxylic acids is 1. The van der Waals surface area contributed by atoms with E-state index in [0.717, 1.165) is 25.9 Å². The highest BCUT2D eigenvalue weighted by molar-refractivity contribution is 7.89. The largest absolute Gasteiger partial charge is 0.354 e. The standard InChI is InChI=1S/C14H24N4O3S/c1-10(11-5-4-6-16-8-11)17-22(20,21)12-7-13(14(19)15-2)18(3)9-12/h7,9-11,16-17H,4-6,8H2,1-3H3,(H,15,19). The van der Waals surface area contributed by atoms with E-state index in [-0.39, 0.29) is 22.8 Å². The van der Waals surface area contributed by atoms with E-state index in [1.807, 2.05) is 6.92 Å². The van der Waals surface area contributed by atoms with Crippen molar-refractivity contribution in [3.63, 3.8) is 0 Å². The van der Waals surface area contributed by atoms with Crippen LogP contribution in [-0.2, 0) is 17.1 Å². The van der Waals surface area contributed by atoms with Crippen LogP contribution in [0, 0.1) is 5.92 Å². The van der Waals surface area contributed by atoms with Gasteiger partial charge in [-0.3, -0.25) is 4.79 Å². The fraction of sp³-hybridized carbons (Fsp3) is 0.643. The third kappa shape index (κ3) is 3.68. The highest BCUT2D eigenvalue weighted by Gasteiger charge is 2.26. The predicted molar refractivity (Wildman–Crippen MR) is 84.2 cm³/mol. The normalized spacial score (nSPS) is 20.6. The minimum Gasteiger partial charge on any atom is -0.354 e. The van der Waals surface area contributed by atoms with Crippen molar-refractivity contribution in [3.8, 4) is 0 Å². The molecule has 0 aliphatic carbocycles. The molecule has 0 spiro atoms. The van der Waals surface area contributed by atoms with Crippen molar-refractivity contribution < 1.29 is 13.2 Å².